The van der Waals surface area contributed by atoms with Crippen molar-refractivity contribution in [2.24, 2.45) is 0 Å². The standard InChI is InChI=1S/C6H12N2O3/c1-3-11-6(10)8-4-5(9)7-2/h3-4H2,1-2H3,(H,7,9)(H,8,10). The predicted molar refractivity (Wildman–Crippen MR) is 39.1 cm³/mol. The highest BCUT2D eigenvalue weighted by Crippen LogP contribution is 1.74. The molecule has 0 aromatic heterocycles. The zero-order chi connectivity index (χ0) is 8.69. The lowest BCUT2D eigenvalue weighted by atomic mass is 10.6. The molecule has 64 valence electrons. The van der Waals surface area contributed by atoms with Crippen LogP contribution in [-0.2, 0) is 9.53 Å². The first kappa shape index (κ1) is 9.74. The van der Waals surface area contributed by atoms with Crippen LogP contribution < -0.4 is 10.6 Å². The number of carbonyl (C=O) groups is 2. The topological polar surface area (TPSA) is 67.4 Å². The first-order valence-electron chi connectivity index (χ1n) is 3.32. The van der Waals surface area contributed by atoms with Crippen molar-refractivity contribution in [2.45, 2.75) is 6.92 Å². The summed E-state index contributed by atoms with van der Waals surface area (Å²) in [5.74, 6) is -0.252. The van der Waals surface area contributed by atoms with Crippen LogP contribution in [0.1, 0.15) is 6.92 Å². The molecule has 2 amide bonds. The zero-order valence-corrected chi connectivity index (χ0v) is 6.64. The van der Waals surface area contributed by atoms with Crippen LogP contribution in [0.15, 0.2) is 0 Å². The number of hydrogen-bond donors (Lipinski definition) is 2. The van der Waals surface area contributed by atoms with E-state index in [0.717, 1.165) is 0 Å². The van der Waals surface area contributed by atoms with E-state index in [1.165, 1.54) is 7.05 Å². The second-order valence-corrected chi connectivity index (χ2v) is 1.75. The molecular formula is C6H12N2O3. The second-order valence-electron chi connectivity index (χ2n) is 1.75. The normalized spacial score (nSPS) is 8.55. The Bertz CT molecular complexity index is 147. The Labute approximate surface area is 65.1 Å². The summed E-state index contributed by atoms with van der Waals surface area (Å²) in [7, 11) is 1.50. The fraction of sp³-hybridized carbons (Fsp3) is 0.667. The summed E-state index contributed by atoms with van der Waals surface area (Å²) in [5, 5.41) is 4.61. The van der Waals surface area contributed by atoms with Gasteiger partial charge in [0.15, 0.2) is 0 Å². The summed E-state index contributed by atoms with van der Waals surface area (Å²) in [6.45, 7) is 1.95. The van der Waals surface area contributed by atoms with Crippen molar-refractivity contribution in [1.29, 1.82) is 0 Å². The second kappa shape index (κ2) is 5.52. The Morgan fingerprint density at radius 3 is 2.55 bits per heavy atom. The molecule has 0 aromatic carbocycles. The van der Waals surface area contributed by atoms with Crippen LogP contribution in [0.2, 0.25) is 0 Å². The van der Waals surface area contributed by atoms with Gasteiger partial charge < -0.3 is 15.4 Å². The number of rotatable bonds is 3. The van der Waals surface area contributed by atoms with Gasteiger partial charge in [-0.25, -0.2) is 4.79 Å². The van der Waals surface area contributed by atoms with Gasteiger partial charge in [-0.3, -0.25) is 4.79 Å². The third-order valence-electron chi connectivity index (χ3n) is 0.948. The molecular weight excluding hydrogens is 148 g/mol. The summed E-state index contributed by atoms with van der Waals surface area (Å²) in [6.07, 6.45) is -0.573. The summed E-state index contributed by atoms with van der Waals surface area (Å²) in [6, 6.07) is 0. The Hall–Kier alpha value is -1.26. The van der Waals surface area contributed by atoms with E-state index in [0.29, 0.717) is 6.61 Å². The average Bonchev–Trinajstić information content (AvgIpc) is 2.01. The van der Waals surface area contributed by atoms with Gasteiger partial charge in [0.1, 0.15) is 0 Å². The Balaban J connectivity index is 3.38. The largest absolute Gasteiger partial charge is 0.450 e. The summed E-state index contributed by atoms with van der Waals surface area (Å²) < 4.78 is 4.51. The minimum atomic E-state index is -0.573. The molecule has 0 fully saturated rings. The molecule has 11 heavy (non-hydrogen) atoms. The molecule has 0 atom stereocenters. The first-order valence-corrected chi connectivity index (χ1v) is 3.32. The maximum absolute atomic E-state index is 10.6. The number of hydrogen-bond acceptors (Lipinski definition) is 3. The van der Waals surface area contributed by atoms with Crippen LogP contribution in [0, 0.1) is 0 Å². The molecule has 0 aliphatic carbocycles. The molecule has 0 bridgehead atoms. The highest BCUT2D eigenvalue weighted by Gasteiger charge is 2.01. The van der Waals surface area contributed by atoms with Gasteiger partial charge in [-0.1, -0.05) is 0 Å². The lowest BCUT2D eigenvalue weighted by Gasteiger charge is -2.02. The van der Waals surface area contributed by atoms with E-state index in [4.69, 9.17) is 0 Å². The fourth-order valence-electron chi connectivity index (χ4n) is 0.423. The molecule has 0 aromatic rings. The van der Waals surface area contributed by atoms with Crippen molar-refractivity contribution < 1.29 is 14.3 Å². The van der Waals surface area contributed by atoms with Crippen molar-refractivity contribution in [1.82, 2.24) is 10.6 Å². The molecule has 0 rings (SSSR count). The summed E-state index contributed by atoms with van der Waals surface area (Å²) in [5.41, 5.74) is 0. The molecule has 0 aliphatic rings. The van der Waals surface area contributed by atoms with E-state index in [1.807, 2.05) is 0 Å². The molecule has 0 aliphatic heterocycles. The molecule has 0 radical (unpaired) electrons. The molecule has 0 saturated carbocycles. The van der Waals surface area contributed by atoms with Crippen LogP contribution in [0.5, 0.6) is 0 Å². The smallest absolute Gasteiger partial charge is 0.407 e. The Morgan fingerprint density at radius 2 is 2.09 bits per heavy atom. The average molecular weight is 160 g/mol. The third-order valence-corrected chi connectivity index (χ3v) is 0.948. The van der Waals surface area contributed by atoms with Gasteiger partial charge in [-0.2, -0.15) is 0 Å². The van der Waals surface area contributed by atoms with Crippen LogP contribution in [-0.4, -0.2) is 32.2 Å². The van der Waals surface area contributed by atoms with E-state index in [-0.39, 0.29) is 12.5 Å². The van der Waals surface area contributed by atoms with Crippen LogP contribution in [0.4, 0.5) is 4.79 Å². The molecule has 0 heterocycles. The number of likely N-dealkylation sites (N-methyl/N-ethyl adjacent to an activating group) is 1. The maximum Gasteiger partial charge on any atom is 0.407 e. The highest BCUT2D eigenvalue weighted by atomic mass is 16.5. The SMILES string of the molecule is CCOC(=O)NCC(=O)NC. The fourth-order valence-corrected chi connectivity index (χ4v) is 0.423. The Morgan fingerprint density at radius 1 is 1.45 bits per heavy atom. The van der Waals surface area contributed by atoms with Crippen LogP contribution in [0.25, 0.3) is 0 Å². The third kappa shape index (κ3) is 5.20. The van der Waals surface area contributed by atoms with Gasteiger partial charge in [0.05, 0.1) is 13.2 Å². The summed E-state index contributed by atoms with van der Waals surface area (Å²) >= 11 is 0. The lowest BCUT2D eigenvalue weighted by molar-refractivity contribution is -0.119. The number of carbonyl (C=O) groups excluding carboxylic acids is 2. The quantitative estimate of drug-likeness (QED) is 0.583. The monoisotopic (exact) mass is 160 g/mol. The van der Waals surface area contributed by atoms with E-state index in [2.05, 4.69) is 15.4 Å². The number of amides is 2. The minimum Gasteiger partial charge on any atom is -0.450 e. The van der Waals surface area contributed by atoms with E-state index < -0.39 is 6.09 Å². The van der Waals surface area contributed by atoms with Crippen molar-refractivity contribution in [3.63, 3.8) is 0 Å². The minimum absolute atomic E-state index is 0.0463. The van der Waals surface area contributed by atoms with Crippen molar-refractivity contribution in [3.05, 3.63) is 0 Å². The number of alkyl carbamates (subject to hydrolysis) is 1. The van der Waals surface area contributed by atoms with E-state index in [1.54, 1.807) is 6.92 Å². The van der Waals surface area contributed by atoms with Gasteiger partial charge in [0, 0.05) is 7.05 Å². The zero-order valence-electron chi connectivity index (χ0n) is 6.64. The molecule has 0 saturated heterocycles. The van der Waals surface area contributed by atoms with E-state index in [9.17, 15) is 9.59 Å². The Kier molecular flexibility index (Phi) is 4.89. The van der Waals surface area contributed by atoms with Crippen molar-refractivity contribution >= 4 is 12.0 Å². The van der Waals surface area contributed by atoms with E-state index >= 15 is 0 Å². The highest BCUT2D eigenvalue weighted by molar-refractivity contribution is 5.81. The van der Waals surface area contributed by atoms with Gasteiger partial charge in [-0.05, 0) is 6.92 Å². The molecule has 5 nitrogen and oxygen atoms in total. The van der Waals surface area contributed by atoms with Crippen LogP contribution in [0.3, 0.4) is 0 Å². The molecule has 0 spiro atoms. The van der Waals surface area contributed by atoms with Gasteiger partial charge in [0.25, 0.3) is 0 Å². The summed E-state index contributed by atoms with van der Waals surface area (Å²) in [4.78, 5) is 21.1. The lowest BCUT2D eigenvalue weighted by Crippen LogP contribution is -2.35. The molecule has 5 heteroatoms. The molecule has 2 N–H and O–H groups in total. The number of ether oxygens (including phenoxy) is 1. The maximum atomic E-state index is 10.6. The van der Waals surface area contributed by atoms with Crippen LogP contribution >= 0.6 is 0 Å². The van der Waals surface area contributed by atoms with Gasteiger partial charge in [0.2, 0.25) is 5.91 Å². The van der Waals surface area contributed by atoms with Gasteiger partial charge in [-0.15, -0.1) is 0 Å². The molecule has 0 unspecified atom stereocenters. The van der Waals surface area contributed by atoms with Crippen molar-refractivity contribution in [3.8, 4) is 0 Å². The van der Waals surface area contributed by atoms with Gasteiger partial charge >= 0.3 is 6.09 Å². The van der Waals surface area contributed by atoms with Crippen molar-refractivity contribution in [2.75, 3.05) is 20.2 Å². The first-order chi connectivity index (χ1) is 5.20. The number of nitrogens with one attached hydrogen (secondary N) is 2. The predicted octanol–water partition coefficient (Wildman–Crippen LogP) is -0.521.